The van der Waals surface area contributed by atoms with Crippen LogP contribution in [0, 0.1) is 0 Å². The summed E-state index contributed by atoms with van der Waals surface area (Å²) in [5.41, 5.74) is 4.00. The molecule has 0 N–H and O–H groups in total. The second-order valence-electron chi connectivity index (χ2n) is 5.67. The molecule has 4 rings (SSSR count). The fraction of sp³-hybridized carbons (Fsp3) is 0.263. The smallest absolute Gasteiger partial charge is 0.199 e. The minimum Gasteiger partial charge on any atom is -0.465 e. The van der Waals surface area contributed by atoms with Gasteiger partial charge in [0.15, 0.2) is 6.29 Å². The van der Waals surface area contributed by atoms with Crippen molar-refractivity contribution in [3.63, 3.8) is 0 Å². The van der Waals surface area contributed by atoms with Gasteiger partial charge in [0.1, 0.15) is 5.75 Å². The van der Waals surface area contributed by atoms with Crippen LogP contribution in [0.15, 0.2) is 54.9 Å². The van der Waals surface area contributed by atoms with Crippen molar-refractivity contribution in [1.82, 2.24) is 9.97 Å². The zero-order chi connectivity index (χ0) is 15.5. The molecular weight excluding hydrogens is 288 g/mol. The monoisotopic (exact) mass is 306 g/mol. The van der Waals surface area contributed by atoms with Crippen molar-refractivity contribution in [1.29, 1.82) is 0 Å². The van der Waals surface area contributed by atoms with Crippen LogP contribution in [-0.2, 0) is 4.74 Å². The van der Waals surface area contributed by atoms with E-state index in [4.69, 9.17) is 9.47 Å². The minimum absolute atomic E-state index is 0.113. The summed E-state index contributed by atoms with van der Waals surface area (Å²) in [4.78, 5) is 8.82. The van der Waals surface area contributed by atoms with E-state index < -0.39 is 0 Å². The van der Waals surface area contributed by atoms with Crippen molar-refractivity contribution >= 4 is 11.0 Å². The molecule has 0 amide bonds. The van der Waals surface area contributed by atoms with Crippen molar-refractivity contribution in [3.05, 3.63) is 54.9 Å². The molecule has 0 bridgehead atoms. The number of benzene rings is 2. The maximum atomic E-state index is 5.88. The van der Waals surface area contributed by atoms with Crippen molar-refractivity contribution in [2.45, 2.75) is 25.6 Å². The van der Waals surface area contributed by atoms with Gasteiger partial charge in [0.2, 0.25) is 0 Å². The van der Waals surface area contributed by atoms with Gasteiger partial charge in [0.05, 0.1) is 17.6 Å². The molecule has 2 aromatic carbocycles. The summed E-state index contributed by atoms with van der Waals surface area (Å²) in [7, 11) is 0. The van der Waals surface area contributed by atoms with Crippen LogP contribution in [0.1, 0.15) is 19.3 Å². The van der Waals surface area contributed by atoms with Gasteiger partial charge in [-0.15, -0.1) is 0 Å². The molecule has 2 heterocycles. The Morgan fingerprint density at radius 1 is 0.957 bits per heavy atom. The number of fused-ring (bicyclic) bond motifs is 1. The Kier molecular flexibility index (Phi) is 3.90. The van der Waals surface area contributed by atoms with Gasteiger partial charge in [0.25, 0.3) is 0 Å². The molecule has 0 saturated carbocycles. The average Bonchev–Trinajstić information content (AvgIpc) is 2.63. The molecule has 4 nitrogen and oxygen atoms in total. The van der Waals surface area contributed by atoms with E-state index in [0.717, 1.165) is 53.8 Å². The zero-order valence-corrected chi connectivity index (χ0v) is 12.8. The van der Waals surface area contributed by atoms with E-state index in [9.17, 15) is 0 Å². The van der Waals surface area contributed by atoms with E-state index in [1.165, 1.54) is 0 Å². The van der Waals surface area contributed by atoms with Crippen LogP contribution in [0.4, 0.5) is 0 Å². The molecule has 0 aliphatic carbocycles. The summed E-state index contributed by atoms with van der Waals surface area (Å²) in [6.45, 7) is 0.789. The third-order valence-electron chi connectivity index (χ3n) is 4.07. The lowest BCUT2D eigenvalue weighted by atomic mass is 10.0. The van der Waals surface area contributed by atoms with Gasteiger partial charge in [-0.3, -0.25) is 9.97 Å². The molecule has 1 aliphatic rings. The highest BCUT2D eigenvalue weighted by Crippen LogP contribution is 2.28. The number of para-hydroxylation sites is 1. The fourth-order valence-corrected chi connectivity index (χ4v) is 2.89. The summed E-state index contributed by atoms with van der Waals surface area (Å²) in [5.74, 6) is 0.840. The van der Waals surface area contributed by atoms with Crippen LogP contribution < -0.4 is 4.74 Å². The Bertz CT molecular complexity index is 791. The van der Waals surface area contributed by atoms with E-state index in [1.807, 2.05) is 24.3 Å². The number of ether oxygens (including phenoxy) is 2. The molecule has 0 radical (unpaired) electrons. The predicted molar refractivity (Wildman–Crippen MR) is 89.2 cm³/mol. The first-order valence-corrected chi connectivity index (χ1v) is 7.98. The fourth-order valence-electron chi connectivity index (χ4n) is 2.89. The summed E-state index contributed by atoms with van der Waals surface area (Å²) in [5, 5.41) is 0. The molecule has 1 saturated heterocycles. The summed E-state index contributed by atoms with van der Waals surface area (Å²) >= 11 is 0. The topological polar surface area (TPSA) is 44.2 Å². The Morgan fingerprint density at radius 3 is 2.65 bits per heavy atom. The molecular formula is C19H18N2O2. The van der Waals surface area contributed by atoms with Crippen LogP contribution in [0.3, 0.4) is 0 Å². The SMILES string of the molecule is c1cc(-c2ccc(OC3CCCCO3)cc2)c2nccnc2c1. The quantitative estimate of drug-likeness (QED) is 0.727. The Labute approximate surface area is 135 Å². The van der Waals surface area contributed by atoms with Crippen LogP contribution >= 0.6 is 0 Å². The molecule has 1 unspecified atom stereocenters. The van der Waals surface area contributed by atoms with Crippen LogP contribution in [0.5, 0.6) is 5.75 Å². The number of aromatic nitrogens is 2. The van der Waals surface area contributed by atoms with Crippen molar-refractivity contribution in [3.8, 4) is 16.9 Å². The molecule has 1 atom stereocenters. The van der Waals surface area contributed by atoms with Gasteiger partial charge in [-0.25, -0.2) is 0 Å². The number of rotatable bonds is 3. The first kappa shape index (κ1) is 14.2. The van der Waals surface area contributed by atoms with Crippen LogP contribution in [0.25, 0.3) is 22.2 Å². The molecule has 116 valence electrons. The highest BCUT2D eigenvalue weighted by Gasteiger charge is 2.15. The minimum atomic E-state index is -0.113. The molecule has 23 heavy (non-hydrogen) atoms. The van der Waals surface area contributed by atoms with Crippen LogP contribution in [0.2, 0.25) is 0 Å². The molecule has 4 heteroatoms. The lowest BCUT2D eigenvalue weighted by molar-refractivity contribution is -0.105. The van der Waals surface area contributed by atoms with E-state index >= 15 is 0 Å². The first-order chi connectivity index (χ1) is 11.4. The normalized spacial score (nSPS) is 18.0. The van der Waals surface area contributed by atoms with Gasteiger partial charge >= 0.3 is 0 Å². The predicted octanol–water partition coefficient (Wildman–Crippen LogP) is 4.20. The third-order valence-corrected chi connectivity index (χ3v) is 4.07. The Hall–Kier alpha value is -2.46. The molecule has 1 aromatic heterocycles. The lowest BCUT2D eigenvalue weighted by Gasteiger charge is -2.23. The van der Waals surface area contributed by atoms with Gasteiger partial charge < -0.3 is 9.47 Å². The second-order valence-corrected chi connectivity index (χ2v) is 5.67. The third kappa shape index (κ3) is 3.03. The Balaban J connectivity index is 1.59. The standard InChI is InChI=1S/C19H18N2O2/c1-2-13-22-18(6-1)23-15-9-7-14(8-10-15)16-4-3-5-17-19(16)21-12-11-20-17/h3-5,7-12,18H,1-2,6,13H2. The zero-order valence-electron chi connectivity index (χ0n) is 12.8. The van der Waals surface area contributed by atoms with E-state index in [0.29, 0.717) is 0 Å². The average molecular weight is 306 g/mol. The van der Waals surface area contributed by atoms with Gasteiger partial charge in [-0.1, -0.05) is 24.3 Å². The second kappa shape index (κ2) is 6.34. The summed E-state index contributed by atoms with van der Waals surface area (Å²) < 4.78 is 11.5. The van der Waals surface area contributed by atoms with Crippen LogP contribution in [-0.4, -0.2) is 22.9 Å². The maximum Gasteiger partial charge on any atom is 0.199 e. The highest BCUT2D eigenvalue weighted by molar-refractivity contribution is 5.91. The van der Waals surface area contributed by atoms with Gasteiger partial charge in [-0.05, 0) is 36.6 Å². The first-order valence-electron chi connectivity index (χ1n) is 7.98. The Morgan fingerprint density at radius 2 is 1.83 bits per heavy atom. The number of hydrogen-bond donors (Lipinski definition) is 0. The summed E-state index contributed by atoms with van der Waals surface area (Å²) in [6, 6.07) is 14.1. The highest BCUT2D eigenvalue weighted by atomic mass is 16.7. The van der Waals surface area contributed by atoms with Crippen molar-refractivity contribution in [2.75, 3.05) is 6.61 Å². The van der Waals surface area contributed by atoms with Gasteiger partial charge in [-0.2, -0.15) is 0 Å². The van der Waals surface area contributed by atoms with E-state index in [-0.39, 0.29) is 6.29 Å². The number of nitrogens with zero attached hydrogens (tertiary/aromatic N) is 2. The van der Waals surface area contributed by atoms with E-state index in [1.54, 1.807) is 12.4 Å². The molecule has 3 aromatic rings. The molecule has 0 spiro atoms. The maximum absolute atomic E-state index is 5.88. The van der Waals surface area contributed by atoms with E-state index in [2.05, 4.69) is 28.2 Å². The molecule has 1 fully saturated rings. The largest absolute Gasteiger partial charge is 0.465 e. The van der Waals surface area contributed by atoms with Crippen molar-refractivity contribution < 1.29 is 9.47 Å². The van der Waals surface area contributed by atoms with Crippen molar-refractivity contribution in [2.24, 2.45) is 0 Å². The number of hydrogen-bond acceptors (Lipinski definition) is 4. The lowest BCUT2D eigenvalue weighted by Crippen LogP contribution is -2.24. The molecule has 1 aliphatic heterocycles. The van der Waals surface area contributed by atoms with Gasteiger partial charge in [0, 0.05) is 24.4 Å². The summed E-state index contributed by atoms with van der Waals surface area (Å²) in [6.07, 6.45) is 6.58.